The summed E-state index contributed by atoms with van der Waals surface area (Å²) in [5.74, 6) is 1.62. The fraction of sp³-hybridized carbons (Fsp3) is 0.750. The van der Waals surface area contributed by atoms with Crippen LogP contribution in [0.25, 0.3) is 0 Å². The van der Waals surface area contributed by atoms with Gasteiger partial charge in [0, 0.05) is 44.1 Å². The van der Waals surface area contributed by atoms with Gasteiger partial charge in [0.05, 0.1) is 10.5 Å². The van der Waals surface area contributed by atoms with Gasteiger partial charge in [0.2, 0.25) is 0 Å². The van der Waals surface area contributed by atoms with Crippen molar-refractivity contribution in [2.75, 3.05) is 45.0 Å². The van der Waals surface area contributed by atoms with Crippen molar-refractivity contribution in [1.29, 1.82) is 0 Å². The molecule has 9 heteroatoms. The van der Waals surface area contributed by atoms with Gasteiger partial charge >= 0.3 is 0 Å². The Morgan fingerprint density at radius 2 is 2.17 bits per heavy atom. The van der Waals surface area contributed by atoms with Crippen molar-refractivity contribution in [3.8, 4) is 0 Å². The number of guanidine groups is 1. The van der Waals surface area contributed by atoms with E-state index < -0.39 is 14.6 Å². The summed E-state index contributed by atoms with van der Waals surface area (Å²) < 4.78 is 23.9. The number of likely N-dealkylation sites (tertiary alicyclic amines) is 1. The van der Waals surface area contributed by atoms with Gasteiger partial charge < -0.3 is 10.2 Å². The van der Waals surface area contributed by atoms with Crippen molar-refractivity contribution in [3.63, 3.8) is 0 Å². The van der Waals surface area contributed by atoms with E-state index in [-0.39, 0.29) is 29.7 Å². The third kappa shape index (κ3) is 6.54. The van der Waals surface area contributed by atoms with Crippen molar-refractivity contribution in [2.45, 2.75) is 44.9 Å². The second-order valence-electron chi connectivity index (χ2n) is 8.52. The fourth-order valence-corrected chi connectivity index (χ4v) is 6.14. The van der Waals surface area contributed by atoms with E-state index in [9.17, 15) is 8.42 Å². The van der Waals surface area contributed by atoms with E-state index >= 15 is 0 Å². The Labute approximate surface area is 197 Å². The molecule has 1 aromatic rings. The first-order valence-electron chi connectivity index (χ1n) is 10.3. The molecule has 0 aromatic carbocycles. The number of nitrogens with zero attached hydrogens (tertiary/aromatic N) is 3. The molecule has 0 radical (unpaired) electrons. The normalized spacial score (nSPS) is 24.7. The highest BCUT2D eigenvalue weighted by Gasteiger charge is 2.41. The van der Waals surface area contributed by atoms with Gasteiger partial charge in [-0.25, -0.2) is 8.42 Å². The summed E-state index contributed by atoms with van der Waals surface area (Å²) in [6.07, 6.45) is 2.43. The van der Waals surface area contributed by atoms with Crippen LogP contribution < -0.4 is 5.32 Å². The van der Waals surface area contributed by atoms with E-state index in [4.69, 9.17) is 4.99 Å². The lowest BCUT2D eigenvalue weighted by atomic mass is 9.98. The number of piperidine rings is 1. The zero-order valence-electron chi connectivity index (χ0n) is 17.8. The molecule has 3 heterocycles. The predicted molar refractivity (Wildman–Crippen MR) is 133 cm³/mol. The molecular formula is C20H35IN4O2S2. The van der Waals surface area contributed by atoms with Crippen molar-refractivity contribution < 1.29 is 8.42 Å². The molecule has 1 unspecified atom stereocenters. The van der Waals surface area contributed by atoms with Crippen LogP contribution in [-0.4, -0.2) is 73.9 Å². The van der Waals surface area contributed by atoms with Crippen LogP contribution in [0, 0.1) is 5.92 Å². The van der Waals surface area contributed by atoms with E-state index in [2.05, 4.69) is 39.6 Å². The SMILES string of the molecule is CCNC(=NCC1CCCN(Cc2cccs2)C1)N1CCS(=O)(=O)C(C)(C)C1.I. The van der Waals surface area contributed by atoms with Gasteiger partial charge in [0.1, 0.15) is 0 Å². The molecular weight excluding hydrogens is 519 g/mol. The van der Waals surface area contributed by atoms with Crippen LogP contribution in [0.2, 0.25) is 0 Å². The summed E-state index contributed by atoms with van der Waals surface area (Å²) in [6.45, 7) is 11.6. The summed E-state index contributed by atoms with van der Waals surface area (Å²) in [5, 5.41) is 5.52. The summed E-state index contributed by atoms with van der Waals surface area (Å²) >= 11 is 1.83. The number of nitrogens with one attached hydrogen (secondary N) is 1. The number of hydrogen-bond donors (Lipinski definition) is 1. The van der Waals surface area contributed by atoms with E-state index in [1.165, 1.54) is 17.7 Å². The maximum Gasteiger partial charge on any atom is 0.194 e. The molecule has 29 heavy (non-hydrogen) atoms. The lowest BCUT2D eigenvalue weighted by Crippen LogP contribution is -2.57. The van der Waals surface area contributed by atoms with Crippen LogP contribution in [0.15, 0.2) is 22.5 Å². The van der Waals surface area contributed by atoms with Crippen LogP contribution in [0.4, 0.5) is 0 Å². The molecule has 1 N–H and O–H groups in total. The highest BCUT2D eigenvalue weighted by Crippen LogP contribution is 2.24. The minimum Gasteiger partial charge on any atom is -0.357 e. The molecule has 0 saturated carbocycles. The van der Waals surface area contributed by atoms with E-state index in [0.29, 0.717) is 19.0 Å². The van der Waals surface area contributed by atoms with Gasteiger partial charge in [-0.3, -0.25) is 9.89 Å². The average molecular weight is 555 g/mol. The third-order valence-corrected chi connectivity index (χ3v) is 9.13. The van der Waals surface area contributed by atoms with Crippen molar-refractivity contribution >= 4 is 51.1 Å². The average Bonchev–Trinajstić information content (AvgIpc) is 3.14. The van der Waals surface area contributed by atoms with Gasteiger partial charge in [-0.05, 0) is 57.5 Å². The third-order valence-electron chi connectivity index (χ3n) is 5.74. The predicted octanol–water partition coefficient (Wildman–Crippen LogP) is 3.05. The Bertz CT molecular complexity index is 765. The van der Waals surface area contributed by atoms with Crippen molar-refractivity contribution in [3.05, 3.63) is 22.4 Å². The maximum atomic E-state index is 12.3. The molecule has 2 aliphatic rings. The Morgan fingerprint density at radius 3 is 2.83 bits per heavy atom. The van der Waals surface area contributed by atoms with Crippen molar-refractivity contribution in [1.82, 2.24) is 15.1 Å². The molecule has 0 bridgehead atoms. The van der Waals surface area contributed by atoms with Crippen LogP contribution in [0.3, 0.4) is 0 Å². The van der Waals surface area contributed by atoms with Gasteiger partial charge in [-0.2, -0.15) is 0 Å². The first kappa shape index (κ1) is 24.9. The van der Waals surface area contributed by atoms with Gasteiger partial charge in [-0.1, -0.05) is 6.07 Å². The molecule has 6 nitrogen and oxygen atoms in total. The monoisotopic (exact) mass is 554 g/mol. The first-order valence-corrected chi connectivity index (χ1v) is 12.8. The van der Waals surface area contributed by atoms with Crippen molar-refractivity contribution in [2.24, 2.45) is 10.9 Å². The Hall–Kier alpha value is -0.390. The minimum atomic E-state index is -3.04. The fourth-order valence-electron chi connectivity index (χ4n) is 4.03. The molecule has 0 aliphatic carbocycles. The smallest absolute Gasteiger partial charge is 0.194 e. The summed E-state index contributed by atoms with van der Waals surface area (Å²) in [6, 6.07) is 4.33. The zero-order valence-corrected chi connectivity index (χ0v) is 21.7. The maximum absolute atomic E-state index is 12.3. The van der Waals surface area contributed by atoms with Gasteiger partial charge in [0.15, 0.2) is 15.8 Å². The van der Waals surface area contributed by atoms with Crippen LogP contribution in [0.5, 0.6) is 0 Å². The number of thiophene rings is 1. The molecule has 2 fully saturated rings. The van der Waals surface area contributed by atoms with E-state index in [0.717, 1.165) is 38.7 Å². The quantitative estimate of drug-likeness (QED) is 0.345. The van der Waals surface area contributed by atoms with Crippen LogP contribution in [-0.2, 0) is 16.4 Å². The van der Waals surface area contributed by atoms with E-state index in [1.54, 1.807) is 0 Å². The number of halogens is 1. The molecule has 2 saturated heterocycles. The zero-order chi connectivity index (χ0) is 20.2. The minimum absolute atomic E-state index is 0. The Balaban J connectivity index is 0.00000300. The highest BCUT2D eigenvalue weighted by atomic mass is 127. The molecule has 2 aliphatic heterocycles. The second kappa shape index (κ2) is 10.8. The standard InChI is InChI=1S/C20H34N4O2S2.HI/c1-4-21-19(24-10-12-28(25,26)20(2,3)16-24)22-13-17-7-5-9-23(14-17)15-18-8-6-11-27-18;/h6,8,11,17H,4-5,7,9-10,12-16H2,1-3H3,(H,21,22);1H. The number of aliphatic imine (C=N–C) groups is 1. The number of rotatable bonds is 5. The summed E-state index contributed by atoms with van der Waals surface area (Å²) in [5.41, 5.74) is 0. The molecule has 1 aromatic heterocycles. The first-order chi connectivity index (χ1) is 13.3. The Morgan fingerprint density at radius 1 is 1.38 bits per heavy atom. The largest absolute Gasteiger partial charge is 0.357 e. The summed E-state index contributed by atoms with van der Waals surface area (Å²) in [7, 11) is -3.04. The second-order valence-corrected chi connectivity index (χ2v) is 12.3. The highest BCUT2D eigenvalue weighted by molar-refractivity contribution is 14.0. The lowest BCUT2D eigenvalue weighted by Gasteiger charge is -2.39. The van der Waals surface area contributed by atoms with E-state index in [1.807, 2.05) is 25.2 Å². The van der Waals surface area contributed by atoms with Crippen LogP contribution in [0.1, 0.15) is 38.5 Å². The number of sulfone groups is 1. The topological polar surface area (TPSA) is 65.0 Å². The molecule has 0 spiro atoms. The number of hydrogen-bond acceptors (Lipinski definition) is 5. The molecule has 0 amide bonds. The molecule has 1 atom stereocenters. The van der Waals surface area contributed by atoms with Crippen LogP contribution >= 0.6 is 35.3 Å². The Kier molecular flexibility index (Phi) is 9.24. The summed E-state index contributed by atoms with van der Waals surface area (Å²) in [4.78, 5) is 11.0. The molecule has 166 valence electrons. The molecule has 3 rings (SSSR count). The van der Waals surface area contributed by atoms with Gasteiger partial charge in [-0.15, -0.1) is 35.3 Å². The lowest BCUT2D eigenvalue weighted by molar-refractivity contribution is 0.172. The van der Waals surface area contributed by atoms with Gasteiger partial charge in [0.25, 0.3) is 0 Å².